The fourth-order valence-corrected chi connectivity index (χ4v) is 5.67. The number of H-pyrrole nitrogens is 1. The Kier molecular flexibility index (Phi) is 19.6. The molecular formula is C38H49F3N2O14. The molecule has 3 N–H and O–H groups in total. The molecule has 1 aliphatic rings. The van der Waals surface area contributed by atoms with Gasteiger partial charge in [-0.1, -0.05) is 24.3 Å². The zero-order valence-electron chi connectivity index (χ0n) is 31.4. The predicted octanol–water partition coefficient (Wildman–Crippen LogP) is 2.87. The van der Waals surface area contributed by atoms with Gasteiger partial charge in [0.15, 0.2) is 0 Å². The largest absolute Gasteiger partial charge is 0.473 e. The van der Waals surface area contributed by atoms with Crippen LogP contribution in [0.25, 0.3) is 22.0 Å². The average molecular weight is 815 g/mol. The highest BCUT2D eigenvalue weighted by molar-refractivity contribution is 6.28. The second kappa shape index (κ2) is 24.6. The standard InChI is InChI=1S/C38H49F3N2O14/c39-38(40,41)33-4-2-1-3-31(33)34-21-27-5-6-28(22-32(27)35(45)42-34)43-24-29(57-26-43)23-30(25-56-37(48)36(46)47)55-20-19-54-18-17-53-16-15-52-14-13-51-12-11-50-10-9-49-8-7-44/h1-6,21-22,29-30,44H,7-20,23-26H2,(H,42,45)(H,46,47)/t29-,30?/m0/s1. The zero-order chi connectivity index (χ0) is 40.9. The summed E-state index contributed by atoms with van der Waals surface area (Å²) in [5.74, 6) is -3.15. The molecule has 2 atom stereocenters. The van der Waals surface area contributed by atoms with E-state index in [1.165, 1.54) is 24.3 Å². The van der Waals surface area contributed by atoms with E-state index < -0.39 is 41.4 Å². The number of anilines is 1. The van der Waals surface area contributed by atoms with Crippen LogP contribution in [0.3, 0.4) is 0 Å². The third kappa shape index (κ3) is 15.9. The first-order valence-electron chi connectivity index (χ1n) is 18.4. The van der Waals surface area contributed by atoms with Crippen molar-refractivity contribution in [2.24, 2.45) is 0 Å². The lowest BCUT2D eigenvalue weighted by Crippen LogP contribution is -2.31. The average Bonchev–Trinajstić information content (AvgIpc) is 3.66. The van der Waals surface area contributed by atoms with Crippen molar-refractivity contribution < 1.29 is 75.6 Å². The second-order valence-corrected chi connectivity index (χ2v) is 12.5. The van der Waals surface area contributed by atoms with Crippen molar-refractivity contribution >= 4 is 28.4 Å². The maximum Gasteiger partial charge on any atom is 0.417 e. The Bertz CT molecular complexity index is 1730. The van der Waals surface area contributed by atoms with E-state index in [9.17, 15) is 27.6 Å². The van der Waals surface area contributed by atoms with Gasteiger partial charge >= 0.3 is 18.1 Å². The van der Waals surface area contributed by atoms with Crippen molar-refractivity contribution in [2.45, 2.75) is 24.8 Å². The summed E-state index contributed by atoms with van der Waals surface area (Å²) in [7, 11) is 0. The Morgan fingerprint density at radius 1 is 0.825 bits per heavy atom. The number of nitrogens with one attached hydrogen (secondary N) is 1. The van der Waals surface area contributed by atoms with Crippen LogP contribution < -0.4 is 10.5 Å². The number of esters is 1. The van der Waals surface area contributed by atoms with Crippen molar-refractivity contribution in [1.82, 2.24) is 4.98 Å². The first kappa shape index (κ1) is 45.5. The quantitative estimate of drug-likeness (QED) is 0.0578. The number of aliphatic hydroxyl groups is 1. The number of alkyl halides is 3. The number of carbonyl (C=O) groups excluding carboxylic acids is 1. The normalized spacial score (nSPS) is 15.0. The van der Waals surface area contributed by atoms with Crippen LogP contribution in [0.2, 0.25) is 0 Å². The van der Waals surface area contributed by atoms with Crippen LogP contribution >= 0.6 is 0 Å². The number of hydrogen-bond donors (Lipinski definition) is 3. The maximum atomic E-state index is 13.6. The molecule has 1 saturated heterocycles. The van der Waals surface area contributed by atoms with E-state index in [1.807, 2.05) is 4.90 Å². The summed E-state index contributed by atoms with van der Waals surface area (Å²) in [4.78, 5) is 40.1. The van der Waals surface area contributed by atoms with Crippen LogP contribution in [0.1, 0.15) is 12.0 Å². The van der Waals surface area contributed by atoms with Crippen LogP contribution in [0.5, 0.6) is 0 Å². The second-order valence-electron chi connectivity index (χ2n) is 12.5. The summed E-state index contributed by atoms with van der Waals surface area (Å²) in [5.41, 5.74) is -0.860. The van der Waals surface area contributed by atoms with Crippen molar-refractivity contribution in [3.8, 4) is 11.3 Å². The van der Waals surface area contributed by atoms with Gasteiger partial charge in [0.2, 0.25) is 0 Å². The molecule has 316 valence electrons. The minimum Gasteiger partial charge on any atom is -0.473 e. The molecule has 0 bridgehead atoms. The summed E-state index contributed by atoms with van der Waals surface area (Å²) in [6, 6.07) is 11.5. The number of aliphatic carboxylic acids is 1. The number of aromatic nitrogens is 1. The molecule has 0 saturated carbocycles. The molecule has 1 aromatic heterocycles. The van der Waals surface area contributed by atoms with Gasteiger partial charge in [-0.15, -0.1) is 0 Å². The molecule has 1 unspecified atom stereocenters. The zero-order valence-corrected chi connectivity index (χ0v) is 31.4. The van der Waals surface area contributed by atoms with Gasteiger partial charge in [-0.05, 0) is 29.7 Å². The molecule has 1 aliphatic heterocycles. The van der Waals surface area contributed by atoms with E-state index in [1.54, 1.807) is 18.2 Å². The number of nitrogens with zero attached hydrogens (tertiary/aromatic N) is 1. The molecule has 1 fully saturated rings. The van der Waals surface area contributed by atoms with E-state index >= 15 is 0 Å². The fraction of sp³-hybridized carbons (Fsp3) is 0.553. The number of carbonyl (C=O) groups is 2. The molecule has 0 spiro atoms. The van der Waals surface area contributed by atoms with Crippen LogP contribution in [0, 0.1) is 0 Å². The van der Waals surface area contributed by atoms with Crippen molar-refractivity contribution in [1.29, 1.82) is 0 Å². The van der Waals surface area contributed by atoms with Gasteiger partial charge in [-0.2, -0.15) is 13.2 Å². The summed E-state index contributed by atoms with van der Waals surface area (Å²) < 4.78 is 89.8. The lowest BCUT2D eigenvalue weighted by molar-refractivity contribution is -0.167. The Hall–Kier alpha value is -4.18. The molecule has 0 aliphatic carbocycles. The van der Waals surface area contributed by atoms with E-state index in [0.717, 1.165) is 6.07 Å². The Balaban J connectivity index is 1.15. The highest BCUT2D eigenvalue weighted by Gasteiger charge is 2.34. The molecule has 2 heterocycles. The van der Waals surface area contributed by atoms with Crippen molar-refractivity contribution in [2.75, 3.05) is 117 Å². The molecule has 19 heteroatoms. The van der Waals surface area contributed by atoms with E-state index in [2.05, 4.69) is 4.98 Å². The summed E-state index contributed by atoms with van der Waals surface area (Å²) in [5, 5.41) is 18.3. The predicted molar refractivity (Wildman–Crippen MR) is 197 cm³/mol. The highest BCUT2D eigenvalue weighted by atomic mass is 19.4. The number of rotatable bonds is 27. The summed E-state index contributed by atoms with van der Waals surface area (Å²) in [6.45, 7) is 4.63. The van der Waals surface area contributed by atoms with Gasteiger partial charge in [-0.3, -0.25) is 4.79 Å². The van der Waals surface area contributed by atoms with Gasteiger partial charge in [0.25, 0.3) is 5.56 Å². The molecule has 16 nitrogen and oxygen atoms in total. The third-order valence-corrected chi connectivity index (χ3v) is 8.39. The third-order valence-electron chi connectivity index (χ3n) is 8.39. The number of halogens is 3. The van der Waals surface area contributed by atoms with Crippen molar-refractivity contribution in [3.63, 3.8) is 0 Å². The number of hydrogen-bond acceptors (Lipinski definition) is 14. The number of ether oxygens (including phenoxy) is 9. The Morgan fingerprint density at radius 2 is 1.40 bits per heavy atom. The van der Waals surface area contributed by atoms with Crippen molar-refractivity contribution in [3.05, 3.63) is 64.4 Å². The molecule has 57 heavy (non-hydrogen) atoms. The minimum atomic E-state index is -4.60. The Morgan fingerprint density at radius 3 is 1.98 bits per heavy atom. The number of carboxylic acid groups (broad SMARTS) is 1. The number of pyridine rings is 1. The van der Waals surface area contributed by atoms with Gasteiger partial charge in [0, 0.05) is 35.3 Å². The van der Waals surface area contributed by atoms with E-state index in [-0.39, 0.29) is 62.8 Å². The summed E-state index contributed by atoms with van der Waals surface area (Å²) in [6.07, 6.45) is -5.50. The first-order chi connectivity index (χ1) is 27.6. The Labute approximate surface area is 326 Å². The first-order valence-corrected chi connectivity index (χ1v) is 18.4. The monoisotopic (exact) mass is 814 g/mol. The fourth-order valence-electron chi connectivity index (χ4n) is 5.67. The number of benzene rings is 2. The van der Waals surface area contributed by atoms with E-state index in [0.29, 0.717) is 83.7 Å². The summed E-state index contributed by atoms with van der Waals surface area (Å²) >= 11 is 0. The molecule has 0 radical (unpaired) electrons. The number of fused-ring (bicyclic) bond motifs is 1. The molecule has 2 aromatic carbocycles. The van der Waals surface area contributed by atoms with E-state index in [4.69, 9.17) is 52.8 Å². The maximum absolute atomic E-state index is 13.6. The van der Waals surface area contributed by atoms with Crippen LogP contribution in [0.4, 0.5) is 18.9 Å². The SMILES string of the molecule is O=C(O)C(=O)OCC(C[C@H]1CN(c2ccc3cc(-c4ccccc4C(F)(F)F)[nH]c(=O)c3c2)CO1)OCCOCCOCCOCCOCCOCCOCCO. The van der Waals surface area contributed by atoms with Gasteiger partial charge in [-0.25, -0.2) is 9.59 Å². The lowest BCUT2D eigenvalue weighted by atomic mass is 10.0. The van der Waals surface area contributed by atoms with Crippen LogP contribution in [-0.2, 0) is 58.4 Å². The van der Waals surface area contributed by atoms with Gasteiger partial charge in [0.1, 0.15) is 13.3 Å². The van der Waals surface area contributed by atoms with Gasteiger partial charge in [0.05, 0.1) is 110 Å². The van der Waals surface area contributed by atoms with Gasteiger partial charge < -0.3 is 62.7 Å². The minimum absolute atomic E-state index is 0.0170. The van der Waals surface area contributed by atoms with Crippen LogP contribution in [-0.4, -0.2) is 152 Å². The molecule has 3 aromatic rings. The topological polar surface area (TPSA) is 194 Å². The molecular weight excluding hydrogens is 765 g/mol. The number of carboxylic acids is 1. The lowest BCUT2D eigenvalue weighted by Gasteiger charge is -2.21. The molecule has 0 amide bonds. The smallest absolute Gasteiger partial charge is 0.417 e. The highest BCUT2D eigenvalue weighted by Crippen LogP contribution is 2.37. The van der Waals surface area contributed by atoms with Crippen LogP contribution in [0.15, 0.2) is 53.3 Å². The molecule has 4 rings (SSSR count). The number of aromatic amines is 1. The number of aliphatic hydroxyl groups excluding tert-OH is 1.